The molecule has 0 aliphatic heterocycles. The normalized spacial score (nSPS) is 36.6. The molecule has 6 atom stereocenters. The van der Waals surface area contributed by atoms with Gasteiger partial charge in [-0.1, -0.05) is 55.3 Å². The van der Waals surface area contributed by atoms with Gasteiger partial charge in [0.25, 0.3) is 0 Å². The third-order valence-electron chi connectivity index (χ3n) is 9.92. The lowest BCUT2D eigenvalue weighted by molar-refractivity contribution is 0.0609. The van der Waals surface area contributed by atoms with Crippen LogP contribution in [0.5, 0.6) is 0 Å². The molecule has 0 aromatic heterocycles. The number of aliphatic hydroxyl groups is 2. The predicted molar refractivity (Wildman–Crippen MR) is 140 cm³/mol. The molecule has 1 aromatic carbocycles. The van der Waals surface area contributed by atoms with Crippen LogP contribution in [-0.2, 0) is 9.84 Å². The van der Waals surface area contributed by atoms with Gasteiger partial charge in [-0.05, 0) is 106 Å². The van der Waals surface area contributed by atoms with Gasteiger partial charge in [-0.3, -0.25) is 0 Å². The minimum atomic E-state index is -3.30. The number of hydrogen-bond donors (Lipinski definition) is 2. The van der Waals surface area contributed by atoms with Gasteiger partial charge in [-0.15, -0.1) is 0 Å². The molecular formula is C30H42O4S. The van der Waals surface area contributed by atoms with E-state index in [2.05, 4.69) is 26.0 Å². The quantitative estimate of drug-likeness (QED) is 0.505. The zero-order valence-corrected chi connectivity index (χ0v) is 22.1. The molecule has 192 valence electrons. The first-order valence-corrected chi connectivity index (χ1v) is 15.2. The smallest absolute Gasteiger partial charge is 0.184 e. The minimum Gasteiger partial charge on any atom is -0.393 e. The second kappa shape index (κ2) is 9.46. The summed E-state index contributed by atoms with van der Waals surface area (Å²) in [6, 6.07) is 9.04. The van der Waals surface area contributed by atoms with E-state index in [1.807, 2.05) is 18.2 Å². The van der Waals surface area contributed by atoms with E-state index in [1.165, 1.54) is 31.3 Å². The van der Waals surface area contributed by atoms with Crippen LogP contribution in [0.4, 0.5) is 0 Å². The maximum absolute atomic E-state index is 13.5. The molecule has 4 saturated carbocycles. The number of fused-ring (bicyclic) bond motifs is 1. The van der Waals surface area contributed by atoms with Crippen molar-refractivity contribution in [3.63, 3.8) is 0 Å². The molecular weight excluding hydrogens is 456 g/mol. The van der Waals surface area contributed by atoms with Crippen LogP contribution >= 0.6 is 0 Å². The van der Waals surface area contributed by atoms with Crippen LogP contribution in [0, 0.1) is 23.2 Å². The SMILES string of the molecule is C[C@H](CC1(S(=O)(=O)c2ccccc2)CC1)[C@H]1CC[C@H]2C(=CC=C3C[C@@H](O)C[C@H](O)C3)CCC[C@]12C. The number of benzene rings is 1. The Morgan fingerprint density at radius 2 is 1.71 bits per heavy atom. The van der Waals surface area contributed by atoms with Gasteiger partial charge in [-0.25, -0.2) is 8.42 Å². The van der Waals surface area contributed by atoms with E-state index in [4.69, 9.17) is 0 Å². The van der Waals surface area contributed by atoms with E-state index in [1.54, 1.807) is 12.1 Å². The summed E-state index contributed by atoms with van der Waals surface area (Å²) in [6.07, 6.45) is 13.7. The molecule has 4 fully saturated rings. The van der Waals surface area contributed by atoms with Crippen molar-refractivity contribution in [2.45, 2.75) is 106 Å². The highest BCUT2D eigenvalue weighted by molar-refractivity contribution is 7.93. The fraction of sp³-hybridized carbons (Fsp3) is 0.667. The van der Waals surface area contributed by atoms with E-state index in [9.17, 15) is 18.6 Å². The molecule has 5 rings (SSSR count). The molecule has 0 spiro atoms. The second-order valence-electron chi connectivity index (χ2n) is 12.3. The number of sulfone groups is 1. The average Bonchev–Trinajstić information content (AvgIpc) is 3.51. The standard InChI is InChI=1S/C30H42O4S/c1-21(20-30(15-16-30)35(33,34)26-8-4-3-5-9-26)27-12-13-28-23(7-6-14-29(27,28)2)11-10-22-17-24(31)19-25(32)18-22/h3-5,8-11,21,24-25,27-28,31-32H,6-7,12-20H2,1-2H3/t21-,24-,25-,27-,28+,29-/m1/s1. The molecule has 0 saturated heterocycles. The van der Waals surface area contributed by atoms with Crippen molar-refractivity contribution in [2.75, 3.05) is 0 Å². The summed E-state index contributed by atoms with van der Waals surface area (Å²) in [5, 5.41) is 20.1. The highest BCUT2D eigenvalue weighted by atomic mass is 32.2. The van der Waals surface area contributed by atoms with Crippen LogP contribution in [-0.4, -0.2) is 35.6 Å². The topological polar surface area (TPSA) is 74.6 Å². The van der Waals surface area contributed by atoms with Crippen molar-refractivity contribution in [1.82, 2.24) is 0 Å². The molecule has 5 heteroatoms. The third kappa shape index (κ3) is 4.69. The lowest BCUT2D eigenvalue weighted by atomic mass is 9.60. The van der Waals surface area contributed by atoms with E-state index in [0.717, 1.165) is 31.3 Å². The Hall–Kier alpha value is -1.43. The number of hydrogen-bond acceptors (Lipinski definition) is 4. The van der Waals surface area contributed by atoms with Crippen LogP contribution in [0.2, 0.25) is 0 Å². The Labute approximate surface area is 211 Å². The highest BCUT2D eigenvalue weighted by Crippen LogP contribution is 2.62. The van der Waals surface area contributed by atoms with Gasteiger partial charge < -0.3 is 10.2 Å². The van der Waals surface area contributed by atoms with E-state index in [-0.39, 0.29) is 5.41 Å². The molecule has 0 bridgehead atoms. The third-order valence-corrected chi connectivity index (χ3v) is 12.5. The summed E-state index contributed by atoms with van der Waals surface area (Å²) in [5.74, 6) is 1.48. The van der Waals surface area contributed by atoms with Crippen LogP contribution in [0.1, 0.15) is 84.5 Å². The maximum Gasteiger partial charge on any atom is 0.184 e. The summed E-state index contributed by atoms with van der Waals surface area (Å²) in [4.78, 5) is 0.481. The predicted octanol–water partition coefficient (Wildman–Crippen LogP) is 5.99. The van der Waals surface area contributed by atoms with Crippen molar-refractivity contribution >= 4 is 9.84 Å². The monoisotopic (exact) mass is 498 g/mol. The molecule has 2 N–H and O–H groups in total. The van der Waals surface area contributed by atoms with Crippen molar-refractivity contribution < 1.29 is 18.6 Å². The molecule has 4 nitrogen and oxygen atoms in total. The fourth-order valence-corrected chi connectivity index (χ4v) is 10.2. The van der Waals surface area contributed by atoms with Crippen molar-refractivity contribution in [3.8, 4) is 0 Å². The molecule has 4 aliphatic rings. The van der Waals surface area contributed by atoms with Gasteiger partial charge >= 0.3 is 0 Å². The van der Waals surface area contributed by atoms with Crippen LogP contribution in [0.3, 0.4) is 0 Å². The molecule has 4 aliphatic carbocycles. The Morgan fingerprint density at radius 1 is 1.03 bits per heavy atom. The summed E-state index contributed by atoms with van der Waals surface area (Å²) >= 11 is 0. The average molecular weight is 499 g/mol. The number of rotatable bonds is 6. The molecule has 35 heavy (non-hydrogen) atoms. The Bertz CT molecular complexity index is 1070. The Morgan fingerprint density at radius 3 is 2.37 bits per heavy atom. The summed E-state index contributed by atoms with van der Waals surface area (Å²) < 4.78 is 26.5. The Balaban J connectivity index is 1.32. The highest BCUT2D eigenvalue weighted by Gasteiger charge is 2.58. The minimum absolute atomic E-state index is 0.222. The number of allylic oxidation sites excluding steroid dienone is 3. The van der Waals surface area contributed by atoms with Gasteiger partial charge in [0, 0.05) is 0 Å². The summed E-state index contributed by atoms with van der Waals surface area (Å²) in [5.41, 5.74) is 2.90. The zero-order chi connectivity index (χ0) is 24.8. The van der Waals surface area contributed by atoms with E-state index >= 15 is 0 Å². The first kappa shape index (κ1) is 25.2. The molecule has 0 heterocycles. The molecule has 0 radical (unpaired) electrons. The Kier molecular flexibility index (Phi) is 6.82. The van der Waals surface area contributed by atoms with Crippen molar-refractivity contribution in [3.05, 3.63) is 53.6 Å². The zero-order valence-electron chi connectivity index (χ0n) is 21.3. The summed E-state index contributed by atoms with van der Waals surface area (Å²) in [7, 11) is -3.30. The number of aliphatic hydroxyl groups excluding tert-OH is 2. The van der Waals surface area contributed by atoms with Crippen LogP contribution in [0.25, 0.3) is 0 Å². The fourth-order valence-electron chi connectivity index (χ4n) is 8.05. The van der Waals surface area contributed by atoms with E-state index in [0.29, 0.717) is 41.9 Å². The van der Waals surface area contributed by atoms with Gasteiger partial charge in [0.2, 0.25) is 0 Å². The van der Waals surface area contributed by atoms with Crippen molar-refractivity contribution in [1.29, 1.82) is 0 Å². The largest absolute Gasteiger partial charge is 0.393 e. The first-order chi connectivity index (χ1) is 16.6. The van der Waals surface area contributed by atoms with Crippen LogP contribution < -0.4 is 0 Å². The first-order valence-electron chi connectivity index (χ1n) is 13.7. The summed E-state index contributed by atoms with van der Waals surface area (Å²) in [6.45, 7) is 4.77. The van der Waals surface area contributed by atoms with Gasteiger partial charge in [-0.2, -0.15) is 0 Å². The van der Waals surface area contributed by atoms with Gasteiger partial charge in [0.1, 0.15) is 0 Å². The molecule has 0 amide bonds. The lowest BCUT2D eigenvalue weighted by Gasteiger charge is -2.45. The van der Waals surface area contributed by atoms with E-state index < -0.39 is 26.8 Å². The van der Waals surface area contributed by atoms with Gasteiger partial charge in [0.05, 0.1) is 21.9 Å². The molecule has 1 aromatic rings. The van der Waals surface area contributed by atoms with Crippen LogP contribution in [0.15, 0.2) is 58.5 Å². The molecule has 0 unspecified atom stereocenters. The van der Waals surface area contributed by atoms with Crippen molar-refractivity contribution in [2.24, 2.45) is 23.2 Å². The maximum atomic E-state index is 13.5. The second-order valence-corrected chi connectivity index (χ2v) is 14.6. The lowest BCUT2D eigenvalue weighted by Crippen LogP contribution is -2.38. The van der Waals surface area contributed by atoms with Gasteiger partial charge in [0.15, 0.2) is 9.84 Å².